The van der Waals surface area contributed by atoms with Crippen molar-refractivity contribution >= 4 is 5.82 Å². The number of ether oxygens (including phenoxy) is 1. The molecule has 0 amide bonds. The van der Waals surface area contributed by atoms with Crippen molar-refractivity contribution in [2.45, 2.75) is 13.2 Å². The Bertz CT molecular complexity index is 655. The van der Waals surface area contributed by atoms with E-state index in [2.05, 4.69) is 31.9 Å². The first-order valence-corrected chi connectivity index (χ1v) is 6.87. The summed E-state index contributed by atoms with van der Waals surface area (Å²) >= 11 is 0. The van der Waals surface area contributed by atoms with Crippen molar-refractivity contribution in [3.8, 4) is 0 Å². The summed E-state index contributed by atoms with van der Waals surface area (Å²) in [6.07, 6.45) is 4.64. The van der Waals surface area contributed by atoms with Crippen molar-refractivity contribution in [1.82, 2.24) is 20.0 Å². The summed E-state index contributed by atoms with van der Waals surface area (Å²) in [5.74, 6) is 0.652. The summed E-state index contributed by atoms with van der Waals surface area (Å²) in [4.78, 5) is 0. The van der Waals surface area contributed by atoms with Crippen LogP contribution in [-0.4, -0.2) is 33.7 Å². The zero-order chi connectivity index (χ0) is 15.3. The van der Waals surface area contributed by atoms with Gasteiger partial charge in [-0.3, -0.25) is 0 Å². The summed E-state index contributed by atoms with van der Waals surface area (Å²) < 4.78 is 5.34. The Balaban J connectivity index is 1.87. The number of benzene rings is 1. The zero-order valence-electron chi connectivity index (χ0n) is 11.9. The van der Waals surface area contributed by atoms with Gasteiger partial charge in [0.25, 0.3) is 12.0 Å². The number of aliphatic hydroxyl groups is 1. The van der Waals surface area contributed by atoms with Crippen molar-refractivity contribution in [1.29, 1.82) is 0 Å². The average molecular weight is 300 g/mol. The van der Waals surface area contributed by atoms with E-state index in [-0.39, 0.29) is 24.4 Å². The smallest absolute Gasteiger partial charge is 0.283 e. The number of aliphatic hydroxyl groups excluding tert-OH is 1. The molecule has 1 unspecified atom stereocenters. The molecule has 1 aliphatic rings. The van der Waals surface area contributed by atoms with Gasteiger partial charge in [0.05, 0.1) is 19.8 Å². The van der Waals surface area contributed by atoms with E-state index in [0.717, 1.165) is 5.56 Å². The third-order valence-corrected chi connectivity index (χ3v) is 3.23. The second-order valence-corrected chi connectivity index (χ2v) is 4.76. The Labute approximate surface area is 127 Å². The van der Waals surface area contributed by atoms with Gasteiger partial charge < -0.3 is 9.84 Å². The minimum Gasteiger partial charge on any atom is -0.394 e. The normalized spacial score (nSPS) is 19.9. The number of H-pyrrole nitrogens is 1. The van der Waals surface area contributed by atoms with E-state index in [1.807, 2.05) is 30.3 Å². The Morgan fingerprint density at radius 3 is 2.86 bits per heavy atom. The van der Waals surface area contributed by atoms with Crippen LogP contribution in [0.5, 0.6) is 0 Å². The van der Waals surface area contributed by atoms with Crippen LogP contribution in [0.3, 0.4) is 0 Å². The van der Waals surface area contributed by atoms with Crippen molar-refractivity contribution in [2.24, 2.45) is 10.3 Å². The van der Waals surface area contributed by atoms with E-state index in [4.69, 9.17) is 9.84 Å². The van der Waals surface area contributed by atoms with E-state index < -0.39 is 0 Å². The lowest BCUT2D eigenvalue weighted by Crippen LogP contribution is -2.37. The van der Waals surface area contributed by atoms with Crippen LogP contribution in [0.25, 0.3) is 0 Å². The highest BCUT2D eigenvalue weighted by Gasteiger charge is 2.39. The molecule has 0 aliphatic carbocycles. The van der Waals surface area contributed by atoms with E-state index in [9.17, 15) is 0 Å². The van der Waals surface area contributed by atoms with Gasteiger partial charge in [-0.25, -0.2) is 5.10 Å². The molecule has 1 radical (unpaired) electrons. The van der Waals surface area contributed by atoms with E-state index in [1.54, 1.807) is 0 Å². The van der Waals surface area contributed by atoms with Gasteiger partial charge in [-0.2, -0.15) is 0 Å². The fourth-order valence-corrected chi connectivity index (χ4v) is 2.25. The highest BCUT2D eigenvalue weighted by atomic mass is 16.5. The van der Waals surface area contributed by atoms with Gasteiger partial charge in [-0.05, 0) is 0 Å². The molecule has 2 N–H and O–H groups in total. The Hall–Kier alpha value is -2.42. The van der Waals surface area contributed by atoms with Gasteiger partial charge in [-0.1, -0.05) is 40.1 Å². The van der Waals surface area contributed by atoms with Crippen LogP contribution in [0.2, 0.25) is 0 Å². The van der Waals surface area contributed by atoms with Gasteiger partial charge in [0.15, 0.2) is 5.69 Å². The highest BCUT2D eigenvalue weighted by molar-refractivity contribution is 5.40. The van der Waals surface area contributed by atoms with E-state index in [1.165, 1.54) is 6.20 Å². The molecule has 2 aromatic rings. The number of nitrogens with one attached hydrogen (secondary N) is 1. The number of hydrogen-bond acceptors (Lipinski definition) is 6. The average Bonchev–Trinajstić information content (AvgIpc) is 3.19. The van der Waals surface area contributed by atoms with Crippen molar-refractivity contribution in [2.75, 3.05) is 13.2 Å². The van der Waals surface area contributed by atoms with Crippen molar-refractivity contribution < 1.29 is 9.84 Å². The second-order valence-electron chi connectivity index (χ2n) is 4.76. The van der Waals surface area contributed by atoms with Crippen LogP contribution < -0.4 is 4.59 Å². The van der Waals surface area contributed by atoms with Crippen molar-refractivity contribution in [3.05, 3.63) is 54.0 Å². The third-order valence-electron chi connectivity index (χ3n) is 3.23. The topological polar surface area (TPSA) is 95.8 Å². The monoisotopic (exact) mass is 300 g/mol. The lowest BCUT2D eigenvalue weighted by Gasteiger charge is -2.20. The molecule has 1 aromatic carbocycles. The largest absolute Gasteiger partial charge is 0.394 e. The molecule has 3 rings (SSSR count). The third kappa shape index (κ3) is 2.93. The molecule has 113 valence electrons. The molecule has 0 saturated carbocycles. The number of quaternary nitrogens is 1. The number of aromatic amines is 1. The van der Waals surface area contributed by atoms with Crippen LogP contribution in [0.15, 0.2) is 46.9 Å². The van der Waals surface area contributed by atoms with E-state index in [0.29, 0.717) is 18.1 Å². The summed E-state index contributed by atoms with van der Waals surface area (Å²) in [6, 6.07) is 9.94. The fourth-order valence-electron chi connectivity index (χ4n) is 2.25. The Kier molecular flexibility index (Phi) is 4.33. The van der Waals surface area contributed by atoms with Crippen LogP contribution in [0.1, 0.15) is 11.3 Å². The molecular formula is C14H16N6O2+. The number of aromatic nitrogens is 3. The molecule has 0 bridgehead atoms. The Morgan fingerprint density at radius 2 is 2.14 bits per heavy atom. The molecule has 1 aromatic heterocycles. The zero-order valence-corrected chi connectivity index (χ0v) is 11.9. The van der Waals surface area contributed by atoms with Crippen LogP contribution >= 0.6 is 0 Å². The molecule has 1 atom stereocenters. The van der Waals surface area contributed by atoms with Crippen molar-refractivity contribution in [3.63, 3.8) is 0 Å². The molecule has 0 fully saturated rings. The number of hydrogen-bond donors (Lipinski definition) is 2. The first-order chi connectivity index (χ1) is 10.8. The maximum absolute atomic E-state index is 8.80. The van der Waals surface area contributed by atoms with Crippen LogP contribution in [-0.2, 0) is 17.9 Å². The molecule has 8 heteroatoms. The lowest BCUT2D eigenvalue weighted by atomic mass is 10.2. The minimum absolute atomic E-state index is 0.00876. The van der Waals surface area contributed by atoms with Gasteiger partial charge >= 0.3 is 0 Å². The molecule has 1 aliphatic heterocycles. The maximum atomic E-state index is 8.80. The fraction of sp³-hybridized carbons (Fsp3) is 0.286. The predicted molar refractivity (Wildman–Crippen MR) is 77.7 cm³/mol. The van der Waals surface area contributed by atoms with Gasteiger partial charge in [0.2, 0.25) is 0 Å². The molecular weight excluding hydrogens is 284 g/mol. The van der Waals surface area contributed by atoms with Crippen LogP contribution in [0, 0.1) is 6.20 Å². The Morgan fingerprint density at radius 1 is 1.27 bits per heavy atom. The molecule has 22 heavy (non-hydrogen) atoms. The summed E-state index contributed by atoms with van der Waals surface area (Å²) in [7, 11) is 0. The quantitative estimate of drug-likeness (QED) is 0.598. The maximum Gasteiger partial charge on any atom is 0.283 e. The first kappa shape index (κ1) is 14.5. The standard InChI is InChI=1S/C14H16N6O2/c21-8-9-22-11-13-14(17-18-16-13)20(7-6-15-19-20)10-12-4-2-1-3-5-12/h1-6,21H,8-11H2,(H,16,17,18)/q+1. The SMILES string of the molecule is OCCOCc1nn[nH]c1[N+]1(Cc2ccccc2)[C]=CN=N1. The summed E-state index contributed by atoms with van der Waals surface area (Å²) in [6.45, 7) is 0.977. The minimum atomic E-state index is -0.0388. The summed E-state index contributed by atoms with van der Waals surface area (Å²) in [5, 5.41) is 27.7. The van der Waals surface area contributed by atoms with E-state index >= 15 is 0 Å². The molecule has 2 heterocycles. The predicted octanol–water partition coefficient (Wildman–Crippen LogP) is 1.48. The van der Waals surface area contributed by atoms with Gasteiger partial charge in [-0.15, -0.1) is 10.2 Å². The lowest BCUT2D eigenvalue weighted by molar-refractivity contribution is 0.0790. The molecule has 0 spiro atoms. The molecule has 0 saturated heterocycles. The number of nitrogens with zero attached hydrogens (tertiary/aromatic N) is 5. The first-order valence-electron chi connectivity index (χ1n) is 6.87. The summed E-state index contributed by atoms with van der Waals surface area (Å²) in [5.41, 5.74) is 1.70. The second kappa shape index (κ2) is 6.56. The van der Waals surface area contributed by atoms with Crippen LogP contribution in [0.4, 0.5) is 5.82 Å². The van der Waals surface area contributed by atoms with Gasteiger partial charge in [0.1, 0.15) is 12.7 Å². The highest BCUT2D eigenvalue weighted by Crippen LogP contribution is 2.31. The van der Waals surface area contributed by atoms with Gasteiger partial charge in [0, 0.05) is 10.8 Å². The number of rotatable bonds is 7. The molecule has 8 nitrogen and oxygen atoms in total.